The molecule has 2 heterocycles. The fraction of sp³-hybridized carbons (Fsp3) is 0.529. The SMILES string of the molecule is COCCN1C(=O)COC2CN(Cc3ccc(C(=O)O)cc3)CC21. The molecule has 0 aromatic heterocycles. The van der Waals surface area contributed by atoms with E-state index in [1.54, 1.807) is 19.2 Å². The second-order valence-electron chi connectivity index (χ2n) is 6.19. The van der Waals surface area contributed by atoms with E-state index in [0.29, 0.717) is 19.7 Å². The number of hydrogen-bond donors (Lipinski definition) is 1. The summed E-state index contributed by atoms with van der Waals surface area (Å²) in [5, 5.41) is 8.95. The molecule has 0 aliphatic carbocycles. The molecule has 130 valence electrons. The molecule has 2 aliphatic heterocycles. The maximum absolute atomic E-state index is 12.1. The number of fused-ring (bicyclic) bond motifs is 1. The number of amides is 1. The van der Waals surface area contributed by atoms with Crippen molar-refractivity contribution in [2.75, 3.05) is 40.0 Å². The maximum Gasteiger partial charge on any atom is 0.335 e. The summed E-state index contributed by atoms with van der Waals surface area (Å²) in [6.07, 6.45) is 0.0258. The number of ether oxygens (including phenoxy) is 2. The molecule has 2 unspecified atom stereocenters. The average molecular weight is 334 g/mol. The predicted octanol–water partition coefficient (Wildman–Crippen LogP) is 0.443. The molecule has 0 bridgehead atoms. The summed E-state index contributed by atoms with van der Waals surface area (Å²) >= 11 is 0. The molecule has 7 nitrogen and oxygen atoms in total. The molecule has 7 heteroatoms. The van der Waals surface area contributed by atoms with E-state index in [1.165, 1.54) is 0 Å². The van der Waals surface area contributed by atoms with Gasteiger partial charge in [-0.25, -0.2) is 4.79 Å². The van der Waals surface area contributed by atoms with E-state index in [2.05, 4.69) is 4.90 Å². The highest BCUT2D eigenvalue weighted by molar-refractivity contribution is 5.87. The Bertz CT molecular complexity index is 604. The first-order chi connectivity index (χ1) is 11.6. The van der Waals surface area contributed by atoms with Gasteiger partial charge < -0.3 is 19.5 Å². The van der Waals surface area contributed by atoms with Crippen molar-refractivity contribution in [2.24, 2.45) is 0 Å². The lowest BCUT2D eigenvalue weighted by molar-refractivity contribution is -0.153. The second-order valence-corrected chi connectivity index (χ2v) is 6.19. The van der Waals surface area contributed by atoms with Crippen molar-refractivity contribution in [3.63, 3.8) is 0 Å². The van der Waals surface area contributed by atoms with E-state index in [0.717, 1.165) is 18.7 Å². The molecule has 1 aromatic rings. The fourth-order valence-electron chi connectivity index (χ4n) is 3.36. The highest BCUT2D eigenvalue weighted by atomic mass is 16.5. The zero-order chi connectivity index (χ0) is 17.1. The van der Waals surface area contributed by atoms with Crippen LogP contribution in [0.2, 0.25) is 0 Å². The molecular weight excluding hydrogens is 312 g/mol. The molecule has 2 saturated heterocycles. The molecule has 1 amide bonds. The van der Waals surface area contributed by atoms with Gasteiger partial charge in [0.15, 0.2) is 0 Å². The van der Waals surface area contributed by atoms with Crippen LogP contribution in [0, 0.1) is 0 Å². The van der Waals surface area contributed by atoms with Crippen LogP contribution in [-0.4, -0.2) is 78.9 Å². The molecule has 2 fully saturated rings. The molecule has 1 N–H and O–H groups in total. The number of methoxy groups -OCH3 is 1. The van der Waals surface area contributed by atoms with Crippen LogP contribution in [0.1, 0.15) is 15.9 Å². The van der Waals surface area contributed by atoms with Crippen LogP contribution < -0.4 is 0 Å². The fourth-order valence-corrected chi connectivity index (χ4v) is 3.36. The van der Waals surface area contributed by atoms with Crippen LogP contribution in [-0.2, 0) is 20.8 Å². The second kappa shape index (κ2) is 7.29. The van der Waals surface area contributed by atoms with Gasteiger partial charge in [-0.15, -0.1) is 0 Å². The zero-order valence-corrected chi connectivity index (χ0v) is 13.7. The topological polar surface area (TPSA) is 79.3 Å². The van der Waals surface area contributed by atoms with E-state index < -0.39 is 5.97 Å². The highest BCUT2D eigenvalue weighted by Gasteiger charge is 2.42. The van der Waals surface area contributed by atoms with Gasteiger partial charge in [0.05, 0.1) is 24.3 Å². The Hall–Kier alpha value is -1.96. The molecule has 0 radical (unpaired) electrons. The third-order valence-electron chi connectivity index (χ3n) is 4.60. The lowest BCUT2D eigenvalue weighted by Crippen LogP contribution is -2.54. The van der Waals surface area contributed by atoms with Crippen molar-refractivity contribution < 1.29 is 24.2 Å². The Morgan fingerprint density at radius 1 is 1.33 bits per heavy atom. The first-order valence-electron chi connectivity index (χ1n) is 8.03. The van der Waals surface area contributed by atoms with E-state index in [4.69, 9.17) is 14.6 Å². The molecule has 3 rings (SSSR count). The Labute approximate surface area is 140 Å². The molecule has 0 saturated carbocycles. The number of rotatable bonds is 6. The number of benzene rings is 1. The first-order valence-corrected chi connectivity index (χ1v) is 8.03. The third-order valence-corrected chi connectivity index (χ3v) is 4.60. The summed E-state index contributed by atoms with van der Waals surface area (Å²) in [5.41, 5.74) is 1.34. The quantitative estimate of drug-likeness (QED) is 0.813. The third kappa shape index (κ3) is 3.58. The molecule has 1 aromatic carbocycles. The zero-order valence-electron chi connectivity index (χ0n) is 13.7. The van der Waals surface area contributed by atoms with Crippen molar-refractivity contribution in [1.29, 1.82) is 0 Å². The molecule has 2 aliphatic rings. The van der Waals surface area contributed by atoms with Gasteiger partial charge in [0.1, 0.15) is 6.61 Å². The van der Waals surface area contributed by atoms with Gasteiger partial charge in [-0.2, -0.15) is 0 Å². The van der Waals surface area contributed by atoms with Crippen LogP contribution in [0.3, 0.4) is 0 Å². The van der Waals surface area contributed by atoms with Gasteiger partial charge in [0.2, 0.25) is 5.91 Å². The van der Waals surface area contributed by atoms with Gasteiger partial charge in [-0.3, -0.25) is 9.69 Å². The van der Waals surface area contributed by atoms with E-state index in [9.17, 15) is 9.59 Å². The summed E-state index contributed by atoms with van der Waals surface area (Å²) in [6.45, 7) is 3.46. The Balaban J connectivity index is 1.63. The lowest BCUT2D eigenvalue weighted by Gasteiger charge is -2.36. The van der Waals surface area contributed by atoms with E-state index in [-0.39, 0.29) is 30.2 Å². The van der Waals surface area contributed by atoms with Gasteiger partial charge in [0.25, 0.3) is 0 Å². The summed E-state index contributed by atoms with van der Waals surface area (Å²) in [6, 6.07) is 6.96. The summed E-state index contributed by atoms with van der Waals surface area (Å²) < 4.78 is 10.8. The summed E-state index contributed by atoms with van der Waals surface area (Å²) in [5.74, 6) is -0.907. The number of carboxylic acid groups (broad SMARTS) is 1. The molecule has 0 spiro atoms. The van der Waals surface area contributed by atoms with Gasteiger partial charge in [-0.1, -0.05) is 12.1 Å². The number of hydrogen-bond acceptors (Lipinski definition) is 5. The standard InChI is InChI=1S/C17H22N2O5/c1-23-7-6-19-14-9-18(10-15(14)24-11-16(19)20)8-12-2-4-13(5-3-12)17(21)22/h2-5,14-15H,6-11H2,1H3,(H,21,22). The number of aromatic carboxylic acids is 1. The van der Waals surface area contributed by atoms with Crippen LogP contribution >= 0.6 is 0 Å². The van der Waals surface area contributed by atoms with Crippen LogP contribution in [0.4, 0.5) is 0 Å². The Morgan fingerprint density at radius 3 is 2.75 bits per heavy atom. The van der Waals surface area contributed by atoms with Crippen molar-refractivity contribution in [3.8, 4) is 0 Å². The lowest BCUT2D eigenvalue weighted by atomic mass is 10.1. The van der Waals surface area contributed by atoms with E-state index in [1.807, 2.05) is 17.0 Å². The van der Waals surface area contributed by atoms with Gasteiger partial charge >= 0.3 is 5.97 Å². The van der Waals surface area contributed by atoms with Gasteiger partial charge in [0, 0.05) is 33.3 Å². The Kier molecular flexibility index (Phi) is 5.13. The minimum Gasteiger partial charge on any atom is -0.478 e. The van der Waals surface area contributed by atoms with Crippen molar-refractivity contribution in [2.45, 2.75) is 18.7 Å². The van der Waals surface area contributed by atoms with Crippen molar-refractivity contribution in [1.82, 2.24) is 9.80 Å². The average Bonchev–Trinajstić information content (AvgIpc) is 2.97. The summed E-state index contributed by atoms with van der Waals surface area (Å²) in [7, 11) is 1.63. The van der Waals surface area contributed by atoms with Crippen LogP contribution in [0.5, 0.6) is 0 Å². The van der Waals surface area contributed by atoms with Crippen molar-refractivity contribution in [3.05, 3.63) is 35.4 Å². The number of carbonyl (C=O) groups is 2. The smallest absolute Gasteiger partial charge is 0.335 e. The maximum atomic E-state index is 12.1. The Morgan fingerprint density at radius 2 is 2.08 bits per heavy atom. The monoisotopic (exact) mass is 334 g/mol. The first kappa shape index (κ1) is 16.9. The van der Waals surface area contributed by atoms with Crippen LogP contribution in [0.15, 0.2) is 24.3 Å². The molecule has 24 heavy (non-hydrogen) atoms. The number of carbonyl (C=O) groups excluding carboxylic acids is 1. The predicted molar refractivity (Wildman–Crippen MR) is 85.8 cm³/mol. The van der Waals surface area contributed by atoms with E-state index >= 15 is 0 Å². The number of carboxylic acids is 1. The number of morpholine rings is 1. The largest absolute Gasteiger partial charge is 0.478 e. The summed E-state index contributed by atoms with van der Waals surface area (Å²) in [4.78, 5) is 27.1. The molecular formula is C17H22N2O5. The highest BCUT2D eigenvalue weighted by Crippen LogP contribution is 2.24. The van der Waals surface area contributed by atoms with Crippen LogP contribution in [0.25, 0.3) is 0 Å². The normalized spacial score (nSPS) is 24.2. The number of likely N-dealkylation sites (tertiary alicyclic amines) is 1. The molecule has 2 atom stereocenters. The number of nitrogens with zero attached hydrogens (tertiary/aromatic N) is 2. The minimum absolute atomic E-state index is 0.0148. The minimum atomic E-state index is -0.922. The van der Waals surface area contributed by atoms with Crippen molar-refractivity contribution >= 4 is 11.9 Å². The van der Waals surface area contributed by atoms with Gasteiger partial charge in [-0.05, 0) is 17.7 Å².